The number of carbonyl (C=O) groups excluding carboxylic acids is 1. The Morgan fingerprint density at radius 3 is 2.37 bits per heavy atom. The number of anilines is 1. The summed E-state index contributed by atoms with van der Waals surface area (Å²) >= 11 is 0. The van der Waals surface area contributed by atoms with Crippen molar-refractivity contribution in [1.82, 2.24) is 4.72 Å². The van der Waals surface area contributed by atoms with Crippen LogP contribution in [0.5, 0.6) is 5.75 Å². The Kier molecular flexibility index (Phi) is 7.82. The van der Waals surface area contributed by atoms with E-state index in [1.165, 1.54) is 49.6 Å². The van der Waals surface area contributed by atoms with Gasteiger partial charge in [0.2, 0.25) is 10.0 Å². The second kappa shape index (κ2) is 9.92. The van der Waals surface area contributed by atoms with Crippen molar-refractivity contribution >= 4 is 21.6 Å². The number of sulfonamides is 1. The minimum Gasteiger partial charge on any atom is -0.484 e. The van der Waals surface area contributed by atoms with Gasteiger partial charge in [0.15, 0.2) is 6.61 Å². The largest absolute Gasteiger partial charge is 0.484 e. The quantitative estimate of drug-likeness (QED) is 0.578. The van der Waals surface area contributed by atoms with Gasteiger partial charge in [0.05, 0.1) is 11.5 Å². The van der Waals surface area contributed by atoms with Crippen LogP contribution in [-0.4, -0.2) is 47.4 Å². The third-order valence-corrected chi connectivity index (χ3v) is 5.34. The minimum absolute atomic E-state index is 0.00303. The molecular weight excluding hydrogens is 425 g/mol. The molecule has 164 valence electrons. The first-order chi connectivity index (χ1) is 14.0. The number of carbonyl (C=O) groups is 1. The lowest BCUT2D eigenvalue weighted by Crippen LogP contribution is -2.27. The second-order valence-corrected chi connectivity index (χ2v) is 8.02. The summed E-state index contributed by atoms with van der Waals surface area (Å²) in [5, 5.41) is 2.58. The average molecular weight is 446 g/mol. The van der Waals surface area contributed by atoms with Crippen LogP contribution >= 0.6 is 0 Å². The molecule has 2 aromatic carbocycles. The number of halogens is 3. The number of alkyl halides is 3. The average Bonchev–Trinajstić information content (AvgIpc) is 2.67. The number of benzene rings is 2. The summed E-state index contributed by atoms with van der Waals surface area (Å²) in [5.41, 5.74) is 1.00. The highest BCUT2D eigenvalue weighted by molar-refractivity contribution is 7.89. The molecule has 1 amide bonds. The molecule has 0 aromatic heterocycles. The monoisotopic (exact) mass is 446 g/mol. The highest BCUT2D eigenvalue weighted by Crippen LogP contribution is 2.22. The molecule has 0 aliphatic rings. The summed E-state index contributed by atoms with van der Waals surface area (Å²) in [6.07, 6.45) is -4.45. The molecule has 0 spiro atoms. The van der Waals surface area contributed by atoms with Crippen molar-refractivity contribution in [1.29, 1.82) is 0 Å². The summed E-state index contributed by atoms with van der Waals surface area (Å²) in [4.78, 5) is 12.5. The van der Waals surface area contributed by atoms with Gasteiger partial charge in [-0.15, -0.1) is 0 Å². The van der Waals surface area contributed by atoms with Crippen molar-refractivity contribution in [2.24, 2.45) is 0 Å². The van der Waals surface area contributed by atoms with E-state index < -0.39 is 28.7 Å². The van der Waals surface area contributed by atoms with Gasteiger partial charge in [-0.05, 0) is 48.9 Å². The Morgan fingerprint density at radius 2 is 1.77 bits per heavy atom. The van der Waals surface area contributed by atoms with E-state index in [4.69, 9.17) is 4.74 Å². The van der Waals surface area contributed by atoms with E-state index in [2.05, 4.69) is 14.8 Å². The molecule has 0 bridgehead atoms. The van der Waals surface area contributed by atoms with Gasteiger partial charge in [0, 0.05) is 24.9 Å². The Hall–Kier alpha value is -2.63. The molecule has 0 aliphatic heterocycles. The summed E-state index contributed by atoms with van der Waals surface area (Å²) in [7, 11) is -2.38. The van der Waals surface area contributed by atoms with Gasteiger partial charge in [-0.25, -0.2) is 13.1 Å². The highest BCUT2D eigenvalue weighted by Gasteiger charge is 2.28. The summed E-state index contributed by atoms with van der Waals surface area (Å²) < 4.78 is 73.0. The van der Waals surface area contributed by atoms with Gasteiger partial charge < -0.3 is 14.8 Å². The third-order valence-electron chi connectivity index (χ3n) is 3.88. The molecule has 30 heavy (non-hydrogen) atoms. The van der Waals surface area contributed by atoms with Gasteiger partial charge >= 0.3 is 6.18 Å². The van der Waals surface area contributed by atoms with Crippen LogP contribution in [0.1, 0.15) is 15.9 Å². The van der Waals surface area contributed by atoms with Gasteiger partial charge in [-0.3, -0.25) is 4.79 Å². The second-order valence-electron chi connectivity index (χ2n) is 6.25. The molecule has 11 heteroatoms. The van der Waals surface area contributed by atoms with Crippen LogP contribution in [0.2, 0.25) is 0 Å². The van der Waals surface area contributed by atoms with E-state index in [1.807, 2.05) is 0 Å². The fourth-order valence-corrected chi connectivity index (χ4v) is 3.41. The summed E-state index contributed by atoms with van der Waals surface area (Å²) in [6, 6.07) is 9.48. The predicted octanol–water partition coefficient (Wildman–Crippen LogP) is 3.11. The van der Waals surface area contributed by atoms with Gasteiger partial charge in [-0.2, -0.15) is 13.2 Å². The van der Waals surface area contributed by atoms with E-state index in [9.17, 15) is 26.4 Å². The maximum atomic E-state index is 12.6. The van der Waals surface area contributed by atoms with Crippen molar-refractivity contribution in [3.8, 4) is 5.75 Å². The van der Waals surface area contributed by atoms with Crippen LogP contribution in [0.15, 0.2) is 47.4 Å². The Labute approximate surface area is 172 Å². The van der Waals surface area contributed by atoms with Crippen LogP contribution in [0, 0.1) is 6.92 Å². The van der Waals surface area contributed by atoms with E-state index in [-0.39, 0.29) is 29.4 Å². The molecular formula is C19H21F3N2O5S. The van der Waals surface area contributed by atoms with E-state index in [0.29, 0.717) is 11.3 Å². The number of ether oxygens (including phenoxy) is 2. The number of aryl methyl sites for hydroxylation is 1. The number of amides is 1. The van der Waals surface area contributed by atoms with E-state index in [1.54, 1.807) is 6.92 Å². The molecule has 0 unspecified atom stereocenters. The maximum Gasteiger partial charge on any atom is 0.422 e. The topological polar surface area (TPSA) is 93.7 Å². The summed E-state index contributed by atoms with van der Waals surface area (Å²) in [5.74, 6) is -0.567. The first kappa shape index (κ1) is 23.6. The molecule has 0 heterocycles. The van der Waals surface area contributed by atoms with Crippen molar-refractivity contribution in [2.75, 3.05) is 32.2 Å². The van der Waals surface area contributed by atoms with Gasteiger partial charge in [0.1, 0.15) is 5.75 Å². The Morgan fingerprint density at radius 1 is 1.10 bits per heavy atom. The lowest BCUT2D eigenvalue weighted by Gasteiger charge is -2.12. The number of nitrogens with one attached hydrogen (secondary N) is 2. The zero-order valence-electron chi connectivity index (χ0n) is 16.2. The lowest BCUT2D eigenvalue weighted by atomic mass is 10.1. The fourth-order valence-electron chi connectivity index (χ4n) is 2.37. The standard InChI is InChI=1S/C19H21F3N2O5S/c1-13-3-8-16(30(26,27)23-9-10-28-2)11-17(13)18(25)24-14-4-6-15(7-5-14)29-12-19(20,21)22/h3-8,11,23H,9-10,12H2,1-2H3,(H,24,25). The van der Waals surface area contributed by atoms with E-state index >= 15 is 0 Å². The predicted molar refractivity (Wildman–Crippen MR) is 104 cm³/mol. The molecule has 0 saturated carbocycles. The van der Waals surface area contributed by atoms with Gasteiger partial charge in [-0.1, -0.05) is 6.07 Å². The van der Waals surface area contributed by atoms with Crippen LogP contribution in [0.3, 0.4) is 0 Å². The third kappa shape index (κ3) is 7.01. The van der Waals surface area contributed by atoms with Gasteiger partial charge in [0.25, 0.3) is 5.91 Å². The van der Waals surface area contributed by atoms with Crippen LogP contribution in [0.25, 0.3) is 0 Å². The zero-order chi connectivity index (χ0) is 22.4. The van der Waals surface area contributed by atoms with Crippen LogP contribution in [0.4, 0.5) is 18.9 Å². The normalized spacial score (nSPS) is 11.9. The molecule has 0 aliphatic carbocycles. The molecule has 2 rings (SSSR count). The fraction of sp³-hybridized carbons (Fsp3) is 0.316. The van der Waals surface area contributed by atoms with Crippen molar-refractivity contribution in [2.45, 2.75) is 18.0 Å². The smallest absolute Gasteiger partial charge is 0.422 e. The molecule has 2 N–H and O–H groups in total. The first-order valence-electron chi connectivity index (χ1n) is 8.72. The van der Waals surface area contributed by atoms with Crippen molar-refractivity contribution in [3.63, 3.8) is 0 Å². The molecule has 0 saturated heterocycles. The first-order valence-corrected chi connectivity index (χ1v) is 10.2. The van der Waals surface area contributed by atoms with Crippen LogP contribution < -0.4 is 14.8 Å². The SMILES string of the molecule is COCCNS(=O)(=O)c1ccc(C)c(C(=O)Nc2ccc(OCC(F)(F)F)cc2)c1. The Balaban J connectivity index is 2.11. The maximum absolute atomic E-state index is 12.6. The summed E-state index contributed by atoms with van der Waals surface area (Å²) in [6.45, 7) is 0.507. The molecule has 0 fully saturated rings. The molecule has 2 aromatic rings. The molecule has 0 radical (unpaired) electrons. The van der Waals surface area contributed by atoms with E-state index in [0.717, 1.165) is 0 Å². The Bertz CT molecular complexity index is 977. The number of methoxy groups -OCH3 is 1. The lowest BCUT2D eigenvalue weighted by molar-refractivity contribution is -0.153. The molecule has 7 nitrogen and oxygen atoms in total. The highest BCUT2D eigenvalue weighted by atomic mass is 32.2. The number of hydrogen-bond acceptors (Lipinski definition) is 5. The number of hydrogen-bond donors (Lipinski definition) is 2. The minimum atomic E-state index is -4.45. The van der Waals surface area contributed by atoms with Crippen molar-refractivity contribution < 1.29 is 35.9 Å². The van der Waals surface area contributed by atoms with Crippen molar-refractivity contribution in [3.05, 3.63) is 53.6 Å². The molecule has 0 atom stereocenters. The number of rotatable bonds is 9. The van der Waals surface area contributed by atoms with Crippen LogP contribution in [-0.2, 0) is 14.8 Å². The zero-order valence-corrected chi connectivity index (χ0v) is 17.1.